The normalized spacial score (nSPS) is 14.3. The molecule has 1 amide bonds. The number of pyridine rings is 2. The van der Waals surface area contributed by atoms with E-state index in [2.05, 4.69) is 148 Å². The smallest absolute Gasteiger partial charge is 0.259 e. The minimum Gasteiger partial charge on any atom is -0.493 e. The molecule has 2 saturated heterocycles. The fourth-order valence-corrected chi connectivity index (χ4v) is 26.0. The summed E-state index contributed by atoms with van der Waals surface area (Å²) in [4.78, 5) is 46.1. The number of hydrogen-bond acceptors (Lipinski definition) is 20. The summed E-state index contributed by atoms with van der Waals surface area (Å²) in [5, 5.41) is 22.9. The summed E-state index contributed by atoms with van der Waals surface area (Å²) in [6.45, 7) is 2.55. The van der Waals surface area contributed by atoms with E-state index in [9.17, 15) is 14.4 Å². The molecule has 0 spiro atoms. The number of hydrogen-bond donors (Lipinski definition) is 0. The molecule has 778 valence electrons. The van der Waals surface area contributed by atoms with Crippen molar-refractivity contribution < 1.29 is 80.6 Å². The standard InChI is InChI=1S/C26H28ClNO5.C26H28INO5.C26H29NO5.C26H31NO4.C19H17P/c2*1-30-21-12-17-16-8-11-28(10-7-5-6-9-27)26(29)25(16)20-15-24(33-4)23(32-3)14-19(20)18(17)13-22(21)31-2;1-29-21-11-16-17(12-22(21)30-2)19-10-15-8-6-5-7-9-27(15)26(28)25(19)20-14-24(32-4)23(31-3)13-18(16)20;1-28-23-11-18-17-10-16-8-6-5-7-9-27(16)15-22(17)21-14-26(31-4)25(30-3)13-20(21)19(18)12-24(23)29-2;1-20(17-11-5-2-6-12-17,18-13-7-3-8-14-18)19-15-9-4-10-16-19/h2*8,11-15H,5-7,9-10H2,1-4H3;11-15H,5-10H2,1-4H3;11-14,16H,5-10,15H2,1-4H3;2-16H,1H2. The summed E-state index contributed by atoms with van der Waals surface area (Å²) < 4.78 is 94.3. The van der Waals surface area contributed by atoms with Gasteiger partial charge in [-0.25, -0.2) is 0 Å². The Morgan fingerprint density at radius 2 is 0.584 bits per heavy atom. The van der Waals surface area contributed by atoms with E-state index in [0.29, 0.717) is 105 Å². The summed E-state index contributed by atoms with van der Waals surface area (Å²) in [5.74, 6) is 11.2. The molecule has 21 rings (SSSR count). The number of methoxy groups -OCH3 is 16. The summed E-state index contributed by atoms with van der Waals surface area (Å²) >= 11 is 8.19. The second-order valence-corrected chi connectivity index (χ2v) is 42.4. The molecule has 149 heavy (non-hydrogen) atoms. The van der Waals surface area contributed by atoms with Gasteiger partial charge in [0.2, 0.25) is 0 Å². The van der Waals surface area contributed by atoms with Crippen LogP contribution in [0, 0.1) is 0 Å². The van der Waals surface area contributed by atoms with E-state index in [1.807, 2.05) is 102 Å². The molecular formula is C123H133ClIN4O19P. The molecule has 2 atom stereocenters. The van der Waals surface area contributed by atoms with Crippen LogP contribution in [0.4, 0.5) is 0 Å². The van der Waals surface area contributed by atoms with E-state index in [1.54, 1.807) is 118 Å². The van der Waals surface area contributed by atoms with Crippen LogP contribution in [0.5, 0.6) is 92.0 Å². The van der Waals surface area contributed by atoms with Crippen molar-refractivity contribution in [2.24, 2.45) is 0 Å². The molecule has 23 nitrogen and oxygen atoms in total. The molecule has 4 aliphatic heterocycles. The predicted octanol–water partition coefficient (Wildman–Crippen LogP) is 25.4. The number of nitrogens with zero attached hydrogens (tertiary/aromatic N) is 4. The number of carbonyl (C=O) groups is 1. The molecule has 6 heterocycles. The number of benzene rings is 15. The van der Waals surface area contributed by atoms with Crippen molar-refractivity contribution >= 4 is 177 Å². The minimum absolute atomic E-state index is 0.00382. The number of alkyl halides is 2. The molecule has 26 heteroatoms. The number of aromatic nitrogens is 2. The van der Waals surface area contributed by atoms with Crippen LogP contribution in [0.2, 0.25) is 0 Å². The van der Waals surface area contributed by atoms with Gasteiger partial charge in [-0.3, -0.25) is 19.3 Å². The fourth-order valence-electron chi connectivity index (χ4n) is 22.3. The number of fused-ring (bicyclic) bond motifs is 26. The first-order valence-corrected chi connectivity index (χ1v) is 54.9. The lowest BCUT2D eigenvalue weighted by molar-refractivity contribution is 0.0659. The lowest BCUT2D eigenvalue weighted by atomic mass is 9.83. The van der Waals surface area contributed by atoms with Crippen molar-refractivity contribution in [2.75, 3.05) is 137 Å². The van der Waals surface area contributed by atoms with E-state index in [0.717, 1.165) is 198 Å². The summed E-state index contributed by atoms with van der Waals surface area (Å²) in [5.41, 5.74) is 4.68. The van der Waals surface area contributed by atoms with Crippen LogP contribution in [0.15, 0.2) is 222 Å². The number of rotatable bonds is 29. The maximum Gasteiger partial charge on any atom is 0.259 e. The highest BCUT2D eigenvalue weighted by molar-refractivity contribution is 14.1. The van der Waals surface area contributed by atoms with Gasteiger partial charge in [0.05, 0.1) is 130 Å². The third kappa shape index (κ3) is 21.1. The van der Waals surface area contributed by atoms with Gasteiger partial charge in [-0.15, -0.1) is 11.6 Å². The lowest BCUT2D eigenvalue weighted by Gasteiger charge is -2.37. The molecule has 4 aliphatic rings. The maximum absolute atomic E-state index is 13.9. The van der Waals surface area contributed by atoms with Gasteiger partial charge in [0.15, 0.2) is 92.0 Å². The van der Waals surface area contributed by atoms with Crippen LogP contribution in [0.25, 0.3) is 108 Å². The largest absolute Gasteiger partial charge is 0.493 e. The third-order valence-electron chi connectivity index (χ3n) is 30.0. The molecule has 0 saturated carbocycles. The lowest BCUT2D eigenvalue weighted by Crippen LogP contribution is -2.45. The van der Waals surface area contributed by atoms with Crippen LogP contribution in [-0.2, 0) is 32.5 Å². The van der Waals surface area contributed by atoms with Gasteiger partial charge in [-0.05, 0) is 321 Å². The van der Waals surface area contributed by atoms with Crippen molar-refractivity contribution in [3.05, 3.63) is 256 Å². The Labute approximate surface area is 889 Å². The Morgan fingerprint density at radius 3 is 0.933 bits per heavy atom. The Balaban J connectivity index is 0.000000128. The first kappa shape index (κ1) is 107. The number of amides is 1. The Hall–Kier alpha value is -13.7. The zero-order valence-corrected chi connectivity index (χ0v) is 91.9. The topological polar surface area (TPSA) is 215 Å². The van der Waals surface area contributed by atoms with Crippen LogP contribution >= 0.6 is 41.1 Å². The van der Waals surface area contributed by atoms with Crippen molar-refractivity contribution in [1.29, 1.82) is 0 Å². The van der Waals surface area contributed by atoms with E-state index in [-0.39, 0.29) is 23.1 Å². The van der Waals surface area contributed by atoms with Crippen molar-refractivity contribution in [1.82, 2.24) is 18.9 Å². The van der Waals surface area contributed by atoms with Crippen LogP contribution in [0.1, 0.15) is 117 Å². The molecule has 2 aromatic heterocycles. The molecule has 0 radical (unpaired) electrons. The van der Waals surface area contributed by atoms with Gasteiger partial charge >= 0.3 is 0 Å². The van der Waals surface area contributed by atoms with Gasteiger partial charge in [0, 0.05) is 56.5 Å². The highest BCUT2D eigenvalue weighted by Gasteiger charge is 2.38. The summed E-state index contributed by atoms with van der Waals surface area (Å²) in [6.07, 6.45) is 26.1. The first-order chi connectivity index (χ1) is 72.7. The summed E-state index contributed by atoms with van der Waals surface area (Å²) in [7, 11) is 26.2. The quantitative estimate of drug-likeness (QED) is 0.0140. The van der Waals surface area contributed by atoms with Crippen molar-refractivity contribution in [2.45, 2.75) is 134 Å². The average molecular weight is 2160 g/mol. The number of unbranched alkanes of at least 4 members (excludes halogenated alkanes) is 4. The van der Waals surface area contributed by atoms with Gasteiger partial charge < -0.3 is 89.8 Å². The van der Waals surface area contributed by atoms with Gasteiger partial charge in [-0.1, -0.05) is 158 Å². The molecule has 2 unspecified atom stereocenters. The minimum atomic E-state index is -1.78. The van der Waals surface area contributed by atoms with Crippen LogP contribution < -0.4 is 103 Å². The van der Waals surface area contributed by atoms with E-state index in [1.165, 1.54) is 87.2 Å². The highest BCUT2D eigenvalue weighted by Crippen LogP contribution is 2.52. The molecule has 2 fully saturated rings. The molecular weight excluding hydrogens is 2030 g/mol. The monoisotopic (exact) mass is 2160 g/mol. The van der Waals surface area contributed by atoms with Gasteiger partial charge in [0.1, 0.15) is 0 Å². The number of ether oxygens (including phenoxy) is 16. The number of carbonyl (C=O) groups excluding carboxylic acids is 1. The first-order valence-electron chi connectivity index (χ1n) is 50.9. The molecule has 17 aromatic rings. The van der Waals surface area contributed by atoms with E-state index < -0.39 is 6.89 Å². The fraction of sp³-hybridized carbons (Fsp3) is 0.333. The van der Waals surface area contributed by atoms with Gasteiger partial charge in [0.25, 0.3) is 17.0 Å². The second-order valence-electron chi connectivity index (χ2n) is 37.7. The zero-order chi connectivity index (χ0) is 105. The Bertz CT molecular complexity index is 7580. The molecule has 0 aliphatic carbocycles. The Morgan fingerprint density at radius 1 is 0.302 bits per heavy atom. The SMILES string of the molecule is C=P(c1ccccc1)(c1ccccc1)c1ccccc1.COc1cc2c(cc1OC)c1ccn(CCCCCCl)c(=O)c1c1cc(OC)c(OC)cc21.COc1cc2c(cc1OC)c1ccn(CCCCCI)c(=O)c1c1cc(OC)c(OC)cc21.COc1cc2c3c(c4cc(OC)c(OC)cc4c2cc1OC)C(=O)N1CCCCCC1C3.COc1cc2c3c(c4cc(OC)c(OC)cc4c2cc1OC)CN1CCCCCC1C3. The highest BCUT2D eigenvalue weighted by atomic mass is 127. The molecule has 15 aromatic carbocycles. The van der Waals surface area contributed by atoms with Crippen LogP contribution in [-0.4, -0.2) is 180 Å². The van der Waals surface area contributed by atoms with E-state index >= 15 is 0 Å². The third-order valence-corrected chi connectivity index (χ3v) is 34.5. The zero-order valence-electron chi connectivity index (χ0n) is 88.1. The van der Waals surface area contributed by atoms with Crippen LogP contribution in [0.3, 0.4) is 0 Å². The Kier molecular flexibility index (Phi) is 34.6. The molecule has 0 N–H and O–H groups in total. The van der Waals surface area contributed by atoms with E-state index in [4.69, 9.17) is 93.7 Å². The number of halogens is 2. The molecule has 0 bridgehead atoms. The van der Waals surface area contributed by atoms with Crippen molar-refractivity contribution in [3.63, 3.8) is 0 Å². The number of aryl methyl sites for hydroxylation is 2. The second kappa shape index (κ2) is 48.3. The average Bonchev–Trinajstić information content (AvgIpc) is 1.46. The maximum atomic E-state index is 13.9. The predicted molar refractivity (Wildman–Crippen MR) is 617 cm³/mol. The summed E-state index contributed by atoms with van der Waals surface area (Å²) in [6, 6.07) is 68.7. The van der Waals surface area contributed by atoms with Gasteiger partial charge in [-0.2, -0.15) is 0 Å². The van der Waals surface area contributed by atoms with Crippen molar-refractivity contribution in [3.8, 4) is 92.0 Å².